The van der Waals surface area contributed by atoms with Gasteiger partial charge < -0.3 is 5.73 Å². The number of nitrogens with zero attached hydrogens (tertiary/aromatic N) is 1. The van der Waals surface area contributed by atoms with Crippen molar-refractivity contribution in [2.75, 3.05) is 0 Å². The molecule has 0 amide bonds. The molecule has 3 heteroatoms. The Morgan fingerprint density at radius 1 is 1.57 bits per heavy atom. The minimum Gasteiger partial charge on any atom is -0.323 e. The molecule has 1 aliphatic carbocycles. The summed E-state index contributed by atoms with van der Waals surface area (Å²) in [6, 6.07) is 0.213. The van der Waals surface area contributed by atoms with Crippen molar-refractivity contribution in [3.63, 3.8) is 0 Å². The predicted molar refractivity (Wildman–Crippen MR) is 60.6 cm³/mol. The standard InChI is InChI=1S/C11H18N2S/c1-2-3-7-10-13-11-8(12)5-4-6-9(11)14-10/h8H,2-7,12H2,1H3. The number of aryl methyl sites for hydroxylation is 2. The van der Waals surface area contributed by atoms with E-state index < -0.39 is 0 Å². The first-order chi connectivity index (χ1) is 6.81. The Bertz CT molecular complexity index is 306. The van der Waals surface area contributed by atoms with Crippen LogP contribution in [0, 0.1) is 0 Å². The van der Waals surface area contributed by atoms with Crippen LogP contribution >= 0.6 is 11.3 Å². The van der Waals surface area contributed by atoms with E-state index >= 15 is 0 Å². The van der Waals surface area contributed by atoms with E-state index in [0.717, 1.165) is 12.8 Å². The third kappa shape index (κ3) is 1.98. The van der Waals surface area contributed by atoms with E-state index in [1.54, 1.807) is 0 Å². The van der Waals surface area contributed by atoms with Crippen LogP contribution in [0.3, 0.4) is 0 Å². The molecule has 0 aromatic carbocycles. The number of fused-ring (bicyclic) bond motifs is 1. The summed E-state index contributed by atoms with van der Waals surface area (Å²) < 4.78 is 0. The minimum atomic E-state index is 0.213. The summed E-state index contributed by atoms with van der Waals surface area (Å²) in [7, 11) is 0. The Morgan fingerprint density at radius 3 is 3.14 bits per heavy atom. The molecule has 0 bridgehead atoms. The molecule has 0 saturated carbocycles. The molecule has 0 fully saturated rings. The van der Waals surface area contributed by atoms with Crippen LogP contribution in [-0.2, 0) is 12.8 Å². The Morgan fingerprint density at radius 2 is 2.43 bits per heavy atom. The molecule has 1 aliphatic rings. The first-order valence-corrected chi connectivity index (χ1v) is 6.37. The molecule has 2 nitrogen and oxygen atoms in total. The zero-order chi connectivity index (χ0) is 9.97. The fourth-order valence-electron chi connectivity index (χ4n) is 1.94. The summed E-state index contributed by atoms with van der Waals surface area (Å²) >= 11 is 1.89. The van der Waals surface area contributed by atoms with Gasteiger partial charge in [0.1, 0.15) is 0 Å². The highest BCUT2D eigenvalue weighted by molar-refractivity contribution is 7.11. The van der Waals surface area contributed by atoms with Crippen molar-refractivity contribution in [1.82, 2.24) is 4.98 Å². The van der Waals surface area contributed by atoms with Gasteiger partial charge in [-0.15, -0.1) is 11.3 Å². The van der Waals surface area contributed by atoms with Gasteiger partial charge in [0.15, 0.2) is 0 Å². The number of unbranched alkanes of at least 4 members (excludes halogenated alkanes) is 1. The number of nitrogens with two attached hydrogens (primary N) is 1. The second-order valence-corrected chi connectivity index (χ2v) is 5.19. The van der Waals surface area contributed by atoms with Gasteiger partial charge in [-0.2, -0.15) is 0 Å². The first kappa shape index (κ1) is 10.1. The number of thiazole rings is 1. The number of rotatable bonds is 3. The van der Waals surface area contributed by atoms with E-state index in [0.29, 0.717) is 0 Å². The monoisotopic (exact) mass is 210 g/mol. The molecule has 0 spiro atoms. The topological polar surface area (TPSA) is 38.9 Å². The van der Waals surface area contributed by atoms with Gasteiger partial charge in [0.2, 0.25) is 0 Å². The summed E-state index contributed by atoms with van der Waals surface area (Å²) in [6.45, 7) is 2.22. The Labute approximate surface area is 89.5 Å². The third-order valence-corrected chi connectivity index (χ3v) is 3.98. The Hall–Kier alpha value is -0.410. The molecule has 2 rings (SSSR count). The molecular formula is C11H18N2S. The van der Waals surface area contributed by atoms with Crippen LogP contribution in [0.15, 0.2) is 0 Å². The highest BCUT2D eigenvalue weighted by atomic mass is 32.1. The van der Waals surface area contributed by atoms with Gasteiger partial charge in [0, 0.05) is 10.9 Å². The zero-order valence-electron chi connectivity index (χ0n) is 8.75. The highest BCUT2D eigenvalue weighted by Crippen LogP contribution is 2.32. The normalized spacial score (nSPS) is 20.9. The molecular weight excluding hydrogens is 192 g/mol. The Kier molecular flexibility index (Phi) is 3.19. The minimum absolute atomic E-state index is 0.213. The quantitative estimate of drug-likeness (QED) is 0.833. The summed E-state index contributed by atoms with van der Waals surface area (Å²) in [4.78, 5) is 6.12. The van der Waals surface area contributed by atoms with Crippen molar-refractivity contribution in [1.29, 1.82) is 0 Å². The molecule has 1 heterocycles. The lowest BCUT2D eigenvalue weighted by atomic mass is 9.99. The van der Waals surface area contributed by atoms with E-state index in [9.17, 15) is 0 Å². The van der Waals surface area contributed by atoms with Crippen molar-refractivity contribution in [2.45, 2.75) is 51.5 Å². The number of hydrogen-bond acceptors (Lipinski definition) is 3. The predicted octanol–water partition coefficient (Wildman–Crippen LogP) is 2.82. The SMILES string of the molecule is CCCCc1nc2c(s1)CCCC2N. The molecule has 2 N–H and O–H groups in total. The maximum absolute atomic E-state index is 6.03. The lowest BCUT2D eigenvalue weighted by Crippen LogP contribution is -2.16. The average molecular weight is 210 g/mol. The van der Waals surface area contributed by atoms with E-state index in [4.69, 9.17) is 5.73 Å². The van der Waals surface area contributed by atoms with Crippen molar-refractivity contribution in [2.24, 2.45) is 5.73 Å². The fourth-order valence-corrected chi connectivity index (χ4v) is 3.16. The van der Waals surface area contributed by atoms with Gasteiger partial charge in [-0.05, 0) is 32.1 Å². The van der Waals surface area contributed by atoms with Gasteiger partial charge in [-0.3, -0.25) is 0 Å². The molecule has 1 aromatic heterocycles. The molecule has 1 aromatic rings. The summed E-state index contributed by atoms with van der Waals surface area (Å²) in [5.74, 6) is 0. The van der Waals surface area contributed by atoms with Gasteiger partial charge in [0.25, 0.3) is 0 Å². The molecule has 1 unspecified atom stereocenters. The largest absolute Gasteiger partial charge is 0.323 e. The van der Waals surface area contributed by atoms with Crippen LogP contribution in [0.25, 0.3) is 0 Å². The third-order valence-electron chi connectivity index (χ3n) is 2.79. The second kappa shape index (κ2) is 4.41. The van der Waals surface area contributed by atoms with Crippen LogP contribution in [-0.4, -0.2) is 4.98 Å². The van der Waals surface area contributed by atoms with Crippen molar-refractivity contribution in [3.8, 4) is 0 Å². The van der Waals surface area contributed by atoms with Crippen molar-refractivity contribution in [3.05, 3.63) is 15.6 Å². The Balaban J connectivity index is 2.13. The molecule has 0 aliphatic heterocycles. The lowest BCUT2D eigenvalue weighted by Gasteiger charge is -2.15. The van der Waals surface area contributed by atoms with Crippen LogP contribution in [0.1, 0.15) is 54.2 Å². The number of hydrogen-bond donors (Lipinski definition) is 1. The highest BCUT2D eigenvalue weighted by Gasteiger charge is 2.21. The first-order valence-electron chi connectivity index (χ1n) is 5.55. The fraction of sp³-hybridized carbons (Fsp3) is 0.727. The van der Waals surface area contributed by atoms with Crippen LogP contribution in [0.4, 0.5) is 0 Å². The molecule has 78 valence electrons. The molecule has 0 saturated heterocycles. The molecule has 0 radical (unpaired) electrons. The molecule has 1 atom stereocenters. The average Bonchev–Trinajstić information content (AvgIpc) is 2.59. The number of aromatic nitrogens is 1. The van der Waals surface area contributed by atoms with Crippen LogP contribution < -0.4 is 5.73 Å². The zero-order valence-corrected chi connectivity index (χ0v) is 9.57. The summed E-state index contributed by atoms with van der Waals surface area (Å²) in [5, 5.41) is 1.30. The lowest BCUT2D eigenvalue weighted by molar-refractivity contribution is 0.562. The van der Waals surface area contributed by atoms with Gasteiger partial charge in [-0.25, -0.2) is 4.98 Å². The summed E-state index contributed by atoms with van der Waals surface area (Å²) in [5.41, 5.74) is 7.23. The second-order valence-electron chi connectivity index (χ2n) is 4.02. The van der Waals surface area contributed by atoms with Crippen molar-refractivity contribution < 1.29 is 0 Å². The van der Waals surface area contributed by atoms with E-state index in [1.807, 2.05) is 11.3 Å². The molecule has 14 heavy (non-hydrogen) atoms. The van der Waals surface area contributed by atoms with Crippen molar-refractivity contribution >= 4 is 11.3 Å². The van der Waals surface area contributed by atoms with Gasteiger partial charge in [-0.1, -0.05) is 13.3 Å². The van der Waals surface area contributed by atoms with Gasteiger partial charge in [0.05, 0.1) is 10.7 Å². The summed E-state index contributed by atoms with van der Waals surface area (Å²) in [6.07, 6.45) is 7.19. The maximum atomic E-state index is 6.03. The van der Waals surface area contributed by atoms with Crippen LogP contribution in [0.5, 0.6) is 0 Å². The van der Waals surface area contributed by atoms with Crippen LogP contribution in [0.2, 0.25) is 0 Å². The maximum Gasteiger partial charge on any atom is 0.0931 e. The van der Waals surface area contributed by atoms with E-state index in [2.05, 4.69) is 11.9 Å². The van der Waals surface area contributed by atoms with Gasteiger partial charge >= 0.3 is 0 Å². The smallest absolute Gasteiger partial charge is 0.0931 e. The van der Waals surface area contributed by atoms with E-state index in [1.165, 1.54) is 41.3 Å². The van der Waals surface area contributed by atoms with E-state index in [-0.39, 0.29) is 6.04 Å².